The number of methoxy groups -OCH3 is 2. The Bertz CT molecular complexity index is 1170. The predicted octanol–water partition coefficient (Wildman–Crippen LogP) is 4.60. The second-order valence-corrected chi connectivity index (χ2v) is 8.13. The van der Waals surface area contributed by atoms with Gasteiger partial charge < -0.3 is 29.2 Å². The Morgan fingerprint density at radius 2 is 1.82 bits per heavy atom. The maximum absolute atomic E-state index is 13.3. The quantitative estimate of drug-likeness (QED) is 0.372. The van der Waals surface area contributed by atoms with Gasteiger partial charge in [-0.2, -0.15) is 0 Å². The average Bonchev–Trinajstić information content (AvgIpc) is 2.86. The zero-order valence-corrected chi connectivity index (χ0v) is 19.4. The Balaban J connectivity index is 1.82. The maximum atomic E-state index is 13.3. The molecule has 0 amide bonds. The summed E-state index contributed by atoms with van der Waals surface area (Å²) in [7, 11) is 2.99. The molecule has 2 N–H and O–H groups in total. The van der Waals surface area contributed by atoms with Crippen molar-refractivity contribution in [3.8, 4) is 28.7 Å². The molecule has 3 atom stereocenters. The number of carbonyl (C=O) groups is 1. The summed E-state index contributed by atoms with van der Waals surface area (Å²) in [5, 5.41) is 21.6. The van der Waals surface area contributed by atoms with Gasteiger partial charge in [-0.3, -0.25) is 4.79 Å². The molecule has 0 saturated heterocycles. The molecule has 1 unspecified atom stereocenters. The van der Waals surface area contributed by atoms with E-state index in [1.54, 1.807) is 31.4 Å². The molecule has 0 saturated carbocycles. The fraction of sp³-hybridized carbons (Fsp3) is 0.296. The number of aliphatic hydroxyl groups excluding tert-OH is 1. The summed E-state index contributed by atoms with van der Waals surface area (Å²) in [6.45, 7) is 2.60. The van der Waals surface area contributed by atoms with Crippen LogP contribution in [0.4, 0.5) is 0 Å². The SMILES string of the molecule is CCCOc1cccc([C@H]2c3ccc(OC)cc3OC(=O)[C@@H]2C(O)c2ccc(OC)c(O)c2)c1. The molecular formula is C27H28O7. The monoisotopic (exact) mass is 464 g/mol. The van der Waals surface area contributed by atoms with Crippen molar-refractivity contribution in [1.82, 2.24) is 0 Å². The molecule has 1 aliphatic heterocycles. The first-order valence-corrected chi connectivity index (χ1v) is 11.1. The van der Waals surface area contributed by atoms with E-state index in [1.807, 2.05) is 37.3 Å². The van der Waals surface area contributed by atoms with Crippen LogP contribution < -0.4 is 18.9 Å². The standard InChI is InChI=1S/C27H28O7/c1-4-12-33-19-7-5-6-16(13-19)24-20-10-9-18(31-2)15-23(20)34-27(30)25(24)26(29)17-8-11-22(32-3)21(28)14-17/h5-11,13-15,24-26,28-29H,4,12H2,1-3H3/t24-,25-,26?/m0/s1. The molecule has 4 rings (SSSR count). The fourth-order valence-electron chi connectivity index (χ4n) is 4.31. The summed E-state index contributed by atoms with van der Waals surface area (Å²) < 4.78 is 21.9. The molecule has 7 heteroatoms. The van der Waals surface area contributed by atoms with Crippen molar-refractivity contribution in [2.45, 2.75) is 25.4 Å². The molecule has 0 aromatic heterocycles. The third-order valence-electron chi connectivity index (χ3n) is 5.97. The van der Waals surface area contributed by atoms with E-state index in [2.05, 4.69) is 0 Å². The van der Waals surface area contributed by atoms with Gasteiger partial charge in [0, 0.05) is 17.5 Å². The van der Waals surface area contributed by atoms with Gasteiger partial charge >= 0.3 is 5.97 Å². The number of phenolic OH excluding ortho intramolecular Hbond substituents is 1. The number of hydrogen-bond donors (Lipinski definition) is 2. The van der Waals surface area contributed by atoms with Crippen molar-refractivity contribution in [3.05, 3.63) is 77.4 Å². The van der Waals surface area contributed by atoms with E-state index in [0.717, 1.165) is 17.5 Å². The molecule has 0 bridgehead atoms. The highest BCUT2D eigenvalue weighted by atomic mass is 16.5. The smallest absolute Gasteiger partial charge is 0.318 e. The van der Waals surface area contributed by atoms with Crippen molar-refractivity contribution in [3.63, 3.8) is 0 Å². The lowest BCUT2D eigenvalue weighted by atomic mass is 9.74. The number of aliphatic hydroxyl groups is 1. The van der Waals surface area contributed by atoms with Crippen LogP contribution in [0.1, 0.15) is 42.1 Å². The van der Waals surface area contributed by atoms with E-state index >= 15 is 0 Å². The Morgan fingerprint density at radius 1 is 1.00 bits per heavy atom. The van der Waals surface area contributed by atoms with Crippen molar-refractivity contribution in [2.24, 2.45) is 5.92 Å². The zero-order valence-electron chi connectivity index (χ0n) is 19.4. The van der Waals surface area contributed by atoms with Gasteiger partial charge in [-0.25, -0.2) is 0 Å². The number of aromatic hydroxyl groups is 1. The first-order chi connectivity index (χ1) is 16.5. The van der Waals surface area contributed by atoms with E-state index in [1.165, 1.54) is 13.2 Å². The molecular weight excluding hydrogens is 436 g/mol. The third-order valence-corrected chi connectivity index (χ3v) is 5.97. The summed E-state index contributed by atoms with van der Waals surface area (Å²) >= 11 is 0. The molecule has 3 aromatic rings. The molecule has 3 aromatic carbocycles. The van der Waals surface area contributed by atoms with Crippen LogP contribution in [0, 0.1) is 5.92 Å². The van der Waals surface area contributed by atoms with E-state index in [4.69, 9.17) is 18.9 Å². The van der Waals surface area contributed by atoms with Crippen LogP contribution >= 0.6 is 0 Å². The summed E-state index contributed by atoms with van der Waals surface area (Å²) in [5.41, 5.74) is 1.92. The molecule has 1 heterocycles. The number of benzene rings is 3. The average molecular weight is 465 g/mol. The normalized spacial score (nSPS) is 17.9. The minimum Gasteiger partial charge on any atom is -0.504 e. The van der Waals surface area contributed by atoms with Crippen LogP contribution in [0.5, 0.6) is 28.7 Å². The molecule has 0 radical (unpaired) electrons. The maximum Gasteiger partial charge on any atom is 0.318 e. The summed E-state index contributed by atoms with van der Waals surface area (Å²) in [6.07, 6.45) is -0.380. The lowest BCUT2D eigenvalue weighted by Crippen LogP contribution is -2.36. The van der Waals surface area contributed by atoms with Crippen LogP contribution in [0.15, 0.2) is 60.7 Å². The van der Waals surface area contributed by atoms with Gasteiger partial charge in [0.05, 0.1) is 32.8 Å². The number of ether oxygens (including phenoxy) is 4. The second-order valence-electron chi connectivity index (χ2n) is 8.13. The van der Waals surface area contributed by atoms with Crippen LogP contribution in [0.2, 0.25) is 0 Å². The Hall–Kier alpha value is -3.71. The Morgan fingerprint density at radius 3 is 2.53 bits per heavy atom. The van der Waals surface area contributed by atoms with Gasteiger partial charge in [0.1, 0.15) is 17.2 Å². The van der Waals surface area contributed by atoms with Crippen molar-refractivity contribution in [2.75, 3.05) is 20.8 Å². The molecule has 178 valence electrons. The number of hydrogen-bond acceptors (Lipinski definition) is 7. The number of rotatable bonds is 8. The highest BCUT2D eigenvalue weighted by Gasteiger charge is 2.44. The van der Waals surface area contributed by atoms with Gasteiger partial charge in [0.2, 0.25) is 0 Å². The Labute approximate surface area is 198 Å². The van der Waals surface area contributed by atoms with Gasteiger partial charge in [0.25, 0.3) is 0 Å². The number of phenols is 1. The molecule has 34 heavy (non-hydrogen) atoms. The topological polar surface area (TPSA) is 94.5 Å². The minimum atomic E-state index is -1.25. The van der Waals surface area contributed by atoms with Crippen LogP contribution in [0.3, 0.4) is 0 Å². The van der Waals surface area contributed by atoms with Gasteiger partial charge in [-0.05, 0) is 47.9 Å². The molecule has 0 fully saturated rings. The highest BCUT2D eigenvalue weighted by molar-refractivity contribution is 5.81. The predicted molar refractivity (Wildman–Crippen MR) is 126 cm³/mol. The van der Waals surface area contributed by atoms with Crippen molar-refractivity contribution >= 4 is 5.97 Å². The van der Waals surface area contributed by atoms with Gasteiger partial charge in [-0.1, -0.05) is 31.2 Å². The number of carbonyl (C=O) groups excluding carboxylic acids is 1. The van der Waals surface area contributed by atoms with E-state index in [9.17, 15) is 15.0 Å². The van der Waals surface area contributed by atoms with E-state index in [-0.39, 0.29) is 11.5 Å². The number of fused-ring (bicyclic) bond motifs is 1. The molecule has 0 spiro atoms. The van der Waals surface area contributed by atoms with Crippen molar-refractivity contribution < 1.29 is 34.0 Å². The van der Waals surface area contributed by atoms with Crippen LogP contribution in [0.25, 0.3) is 0 Å². The third kappa shape index (κ3) is 4.52. The molecule has 0 aliphatic carbocycles. The summed E-state index contributed by atoms with van der Waals surface area (Å²) in [4.78, 5) is 13.3. The Kier molecular flexibility index (Phi) is 6.93. The van der Waals surface area contributed by atoms with Gasteiger partial charge in [0.15, 0.2) is 11.5 Å². The number of esters is 1. The zero-order chi connectivity index (χ0) is 24.2. The van der Waals surface area contributed by atoms with Gasteiger partial charge in [-0.15, -0.1) is 0 Å². The largest absolute Gasteiger partial charge is 0.504 e. The first-order valence-electron chi connectivity index (χ1n) is 11.1. The molecule has 1 aliphatic rings. The van der Waals surface area contributed by atoms with E-state index in [0.29, 0.717) is 29.4 Å². The molecule has 7 nitrogen and oxygen atoms in total. The first kappa shape index (κ1) is 23.4. The van der Waals surface area contributed by atoms with Crippen molar-refractivity contribution in [1.29, 1.82) is 0 Å². The van der Waals surface area contributed by atoms with E-state index < -0.39 is 23.9 Å². The fourth-order valence-corrected chi connectivity index (χ4v) is 4.31. The van der Waals surface area contributed by atoms with Crippen LogP contribution in [-0.4, -0.2) is 37.0 Å². The summed E-state index contributed by atoms with van der Waals surface area (Å²) in [5.74, 6) is -0.282. The second kappa shape index (κ2) is 10.1. The summed E-state index contributed by atoms with van der Waals surface area (Å²) in [6, 6.07) is 17.4. The minimum absolute atomic E-state index is 0.125. The van der Waals surface area contributed by atoms with Crippen LogP contribution in [-0.2, 0) is 4.79 Å². The highest BCUT2D eigenvalue weighted by Crippen LogP contribution is 2.48. The lowest BCUT2D eigenvalue weighted by Gasteiger charge is -2.35. The lowest BCUT2D eigenvalue weighted by molar-refractivity contribution is -0.145.